The highest BCUT2D eigenvalue weighted by atomic mass is 16.5. The average Bonchev–Trinajstić information content (AvgIpc) is 3.98. The first-order chi connectivity index (χ1) is 35.0. The maximum absolute atomic E-state index is 13.7. The molecule has 10 rings (SSSR count). The molecular formula is C55H48N8O10. The highest BCUT2D eigenvalue weighted by Crippen LogP contribution is 2.36. The first-order valence-electron chi connectivity index (χ1n) is 23.9. The Kier molecular flexibility index (Phi) is 12.5. The molecule has 2 aromatic heterocycles. The van der Waals surface area contributed by atoms with Gasteiger partial charge in [-0.2, -0.15) is 0 Å². The van der Waals surface area contributed by atoms with Gasteiger partial charge < -0.3 is 9.47 Å². The molecule has 0 N–H and O–H groups in total. The van der Waals surface area contributed by atoms with Crippen molar-refractivity contribution >= 4 is 59.2 Å². The van der Waals surface area contributed by atoms with Crippen molar-refractivity contribution in [3.8, 4) is 22.3 Å². The van der Waals surface area contributed by atoms with Crippen LogP contribution in [0.15, 0.2) is 110 Å². The van der Waals surface area contributed by atoms with Gasteiger partial charge in [0.1, 0.15) is 0 Å². The van der Waals surface area contributed by atoms with E-state index >= 15 is 0 Å². The van der Waals surface area contributed by atoms with Crippen molar-refractivity contribution in [2.75, 3.05) is 36.1 Å². The maximum Gasteiger partial charge on any atom is 0.268 e. The van der Waals surface area contributed by atoms with E-state index in [2.05, 4.69) is 19.9 Å². The maximum atomic E-state index is 13.7. The highest BCUT2D eigenvalue weighted by Gasteiger charge is 2.42. The summed E-state index contributed by atoms with van der Waals surface area (Å²) in [5, 5.41) is 0. The number of amides is 8. The van der Waals surface area contributed by atoms with Gasteiger partial charge in [-0.25, -0.2) is 29.7 Å². The summed E-state index contributed by atoms with van der Waals surface area (Å²) in [6.07, 6.45) is 9.18. The van der Waals surface area contributed by atoms with E-state index in [0.717, 1.165) is 22.6 Å². The van der Waals surface area contributed by atoms with Gasteiger partial charge in [-0.15, -0.1) is 0 Å². The Balaban J connectivity index is 0.655. The standard InChI is InChI=1S/C55H48N8O10/c1-54(2,72-26-8-6-24-60-44(64)36-15-11-32(27-40(36)46(60)66)34-13-17-38-42(29-34)50(70)62(48(38)68)52-56-20-9-21-57-52)19-5-7-25-73-55(3,4)31-61-45(65)37-16-12-33(28-41(37)47(61)67)35-14-18-39-43(30-35)51(71)63(49(39)69)53-58-22-10-23-59-53/h9-18,20-23,27-30H,5-8,19,24-26,31H2,1-4H3. The zero-order chi connectivity index (χ0) is 51.3. The number of rotatable bonds is 18. The largest absolute Gasteiger partial charge is 0.376 e. The van der Waals surface area contributed by atoms with Crippen molar-refractivity contribution in [1.82, 2.24) is 29.7 Å². The summed E-state index contributed by atoms with van der Waals surface area (Å²) in [5.41, 5.74) is 3.03. The van der Waals surface area contributed by atoms with Gasteiger partial charge in [-0.1, -0.05) is 24.3 Å². The van der Waals surface area contributed by atoms with Crippen LogP contribution in [-0.4, -0.2) is 114 Å². The lowest BCUT2D eigenvalue weighted by atomic mass is 9.97. The van der Waals surface area contributed by atoms with Crippen LogP contribution in [0.1, 0.15) is 143 Å². The van der Waals surface area contributed by atoms with Crippen molar-refractivity contribution in [2.45, 2.75) is 71.0 Å². The molecule has 0 fully saturated rings. The molecule has 4 aromatic carbocycles. The van der Waals surface area contributed by atoms with E-state index in [1.807, 2.05) is 27.7 Å². The summed E-state index contributed by atoms with van der Waals surface area (Å²) in [4.78, 5) is 127. The molecule has 368 valence electrons. The number of hydrogen-bond donors (Lipinski definition) is 0. The molecular weight excluding hydrogens is 933 g/mol. The third kappa shape index (κ3) is 8.99. The molecule has 18 nitrogen and oxygen atoms in total. The highest BCUT2D eigenvalue weighted by molar-refractivity contribution is 6.35. The number of hydrogen-bond acceptors (Lipinski definition) is 14. The van der Waals surface area contributed by atoms with Gasteiger partial charge in [0.15, 0.2) is 0 Å². The summed E-state index contributed by atoms with van der Waals surface area (Å²) in [6.45, 7) is 8.76. The van der Waals surface area contributed by atoms with Gasteiger partial charge in [0.05, 0.1) is 62.3 Å². The monoisotopic (exact) mass is 980 g/mol. The number of nitrogens with zero attached hydrogens (tertiary/aromatic N) is 8. The van der Waals surface area contributed by atoms with Gasteiger partial charge in [0, 0.05) is 44.5 Å². The van der Waals surface area contributed by atoms with Crippen LogP contribution < -0.4 is 9.80 Å². The van der Waals surface area contributed by atoms with E-state index in [1.165, 1.54) is 34.6 Å². The lowest BCUT2D eigenvalue weighted by Gasteiger charge is -2.30. The minimum absolute atomic E-state index is 0.0148. The van der Waals surface area contributed by atoms with Crippen molar-refractivity contribution in [3.63, 3.8) is 0 Å². The summed E-state index contributed by atoms with van der Waals surface area (Å²) in [6, 6.07) is 22.8. The van der Waals surface area contributed by atoms with Crippen LogP contribution in [0.2, 0.25) is 0 Å². The van der Waals surface area contributed by atoms with E-state index in [0.29, 0.717) is 60.3 Å². The molecule has 18 heteroatoms. The first kappa shape index (κ1) is 48.2. The fraction of sp³-hybridized carbons (Fsp3) is 0.273. The minimum Gasteiger partial charge on any atom is -0.376 e. The zero-order valence-corrected chi connectivity index (χ0v) is 40.4. The molecule has 6 heterocycles. The molecule has 4 aliphatic rings. The predicted octanol–water partition coefficient (Wildman–Crippen LogP) is 7.63. The third-order valence-corrected chi connectivity index (χ3v) is 13.4. The molecule has 0 saturated carbocycles. The van der Waals surface area contributed by atoms with Crippen LogP contribution in [0.3, 0.4) is 0 Å². The normalized spacial score (nSPS) is 15.3. The van der Waals surface area contributed by atoms with Crippen molar-refractivity contribution in [1.29, 1.82) is 0 Å². The minimum atomic E-state index is -0.847. The van der Waals surface area contributed by atoms with Gasteiger partial charge in [0.25, 0.3) is 47.3 Å². The molecule has 0 aliphatic carbocycles. The molecule has 0 unspecified atom stereocenters. The fourth-order valence-electron chi connectivity index (χ4n) is 9.52. The number of unbranched alkanes of at least 4 members (excludes halogenated alkanes) is 2. The van der Waals surface area contributed by atoms with E-state index < -0.39 is 52.6 Å². The Hall–Kier alpha value is -8.48. The molecule has 0 bridgehead atoms. The first-order valence-corrected chi connectivity index (χ1v) is 23.9. The van der Waals surface area contributed by atoms with Crippen LogP contribution in [0.4, 0.5) is 11.9 Å². The number of carbonyl (C=O) groups is 8. The van der Waals surface area contributed by atoms with Crippen LogP contribution in [0.25, 0.3) is 22.3 Å². The number of benzene rings is 4. The predicted molar refractivity (Wildman–Crippen MR) is 264 cm³/mol. The topological polar surface area (TPSA) is 220 Å². The second kappa shape index (κ2) is 18.9. The Morgan fingerprint density at radius 2 is 0.740 bits per heavy atom. The second-order valence-electron chi connectivity index (χ2n) is 19.4. The number of imide groups is 4. The molecule has 0 radical (unpaired) electrons. The van der Waals surface area contributed by atoms with Gasteiger partial charge in [0.2, 0.25) is 11.9 Å². The number of carbonyl (C=O) groups excluding carboxylic acids is 8. The van der Waals surface area contributed by atoms with Crippen LogP contribution >= 0.6 is 0 Å². The summed E-state index contributed by atoms with van der Waals surface area (Å²) < 4.78 is 12.4. The Bertz CT molecular complexity index is 3320. The smallest absolute Gasteiger partial charge is 0.268 e. The van der Waals surface area contributed by atoms with Gasteiger partial charge in [-0.3, -0.25) is 48.2 Å². The zero-order valence-electron chi connectivity index (χ0n) is 40.4. The molecule has 0 atom stereocenters. The molecule has 0 spiro atoms. The SMILES string of the molecule is CC(C)(CCCCOC(C)(C)CN1C(=O)c2ccc(-c3ccc4c(c3)C(=O)N(c3ncccn3)C4=O)cc2C1=O)OCCCCN1C(=O)c2ccc(-c3ccc4c(c3)C(=O)N(c3ncccn3)C4=O)cc2C1=O. The molecule has 73 heavy (non-hydrogen) atoms. The molecule has 4 aliphatic heterocycles. The van der Waals surface area contributed by atoms with Crippen LogP contribution in [-0.2, 0) is 9.47 Å². The van der Waals surface area contributed by atoms with Crippen molar-refractivity contribution < 1.29 is 47.8 Å². The Labute approximate surface area is 419 Å². The Morgan fingerprint density at radius 1 is 0.397 bits per heavy atom. The summed E-state index contributed by atoms with van der Waals surface area (Å²) >= 11 is 0. The number of aromatic nitrogens is 4. The molecule has 8 amide bonds. The second-order valence-corrected chi connectivity index (χ2v) is 19.4. The number of ether oxygens (including phenoxy) is 2. The van der Waals surface area contributed by atoms with Gasteiger partial charge in [-0.05, 0) is 143 Å². The molecule has 6 aromatic rings. The van der Waals surface area contributed by atoms with Gasteiger partial charge >= 0.3 is 0 Å². The number of anilines is 2. The van der Waals surface area contributed by atoms with Crippen molar-refractivity contribution in [3.05, 3.63) is 154 Å². The third-order valence-electron chi connectivity index (χ3n) is 13.4. The van der Waals surface area contributed by atoms with Crippen molar-refractivity contribution in [2.24, 2.45) is 0 Å². The lowest BCUT2D eigenvalue weighted by Crippen LogP contribution is -2.43. The van der Waals surface area contributed by atoms with Crippen LogP contribution in [0.5, 0.6) is 0 Å². The van der Waals surface area contributed by atoms with E-state index in [4.69, 9.17) is 9.47 Å². The average molecular weight is 981 g/mol. The van der Waals surface area contributed by atoms with Crippen LogP contribution in [0, 0.1) is 0 Å². The summed E-state index contributed by atoms with van der Waals surface area (Å²) in [5.74, 6) is -3.82. The molecule has 0 saturated heterocycles. The summed E-state index contributed by atoms with van der Waals surface area (Å²) in [7, 11) is 0. The van der Waals surface area contributed by atoms with E-state index in [1.54, 1.807) is 84.9 Å². The Morgan fingerprint density at radius 3 is 1.19 bits per heavy atom. The number of fused-ring (bicyclic) bond motifs is 4. The van der Waals surface area contributed by atoms with E-state index in [9.17, 15) is 38.4 Å². The lowest BCUT2D eigenvalue weighted by molar-refractivity contribution is -0.0425. The van der Waals surface area contributed by atoms with E-state index in [-0.39, 0.29) is 69.8 Å². The fourth-order valence-corrected chi connectivity index (χ4v) is 9.52. The quantitative estimate of drug-likeness (QED) is 0.0597.